The average molecular weight is 558 g/mol. The monoisotopic (exact) mass is 557 g/mol. The fourth-order valence-corrected chi connectivity index (χ4v) is 6.12. The van der Waals surface area contributed by atoms with Gasteiger partial charge in [0.15, 0.2) is 0 Å². The summed E-state index contributed by atoms with van der Waals surface area (Å²) in [5.74, 6) is 0.151. The summed E-state index contributed by atoms with van der Waals surface area (Å²) in [6.07, 6.45) is 5.76. The van der Waals surface area contributed by atoms with Crippen molar-refractivity contribution in [1.82, 2.24) is 29.6 Å². The highest BCUT2D eigenvalue weighted by molar-refractivity contribution is 7.19. The van der Waals surface area contributed by atoms with Crippen LogP contribution in [0, 0.1) is 5.82 Å². The maximum Gasteiger partial charge on any atom is 0.319 e. The summed E-state index contributed by atoms with van der Waals surface area (Å²) in [4.78, 5) is 43.4. The van der Waals surface area contributed by atoms with E-state index in [0.29, 0.717) is 50.6 Å². The molecule has 5 rings (SSSR count). The van der Waals surface area contributed by atoms with Gasteiger partial charge in [-0.05, 0) is 30.2 Å². The molecule has 0 unspecified atom stereocenters. The molecular weight excluding hydrogens is 529 g/mol. The minimum Gasteiger partial charge on any atom is -0.340 e. The van der Waals surface area contributed by atoms with E-state index in [1.54, 1.807) is 42.5 Å². The molecule has 9 nitrogen and oxygen atoms in total. The molecule has 38 heavy (non-hydrogen) atoms. The number of thiophene rings is 1. The molecule has 1 saturated heterocycles. The number of carbonyl (C=O) groups excluding carboxylic acids is 2. The van der Waals surface area contributed by atoms with E-state index >= 15 is 0 Å². The molecule has 12 heteroatoms. The number of urea groups is 1. The van der Waals surface area contributed by atoms with Crippen molar-refractivity contribution >= 4 is 56.6 Å². The number of nitrogens with zero attached hydrogens (tertiary/aromatic N) is 6. The van der Waals surface area contributed by atoms with Crippen LogP contribution in [0.15, 0.2) is 36.7 Å². The van der Waals surface area contributed by atoms with Gasteiger partial charge in [-0.1, -0.05) is 17.7 Å². The van der Waals surface area contributed by atoms with E-state index in [1.165, 1.54) is 18.5 Å². The van der Waals surface area contributed by atoms with Crippen molar-refractivity contribution in [3.05, 3.63) is 58.0 Å². The van der Waals surface area contributed by atoms with Crippen molar-refractivity contribution in [3.8, 4) is 0 Å². The van der Waals surface area contributed by atoms with Crippen LogP contribution < -0.4 is 5.32 Å². The molecule has 3 amide bonds. The Balaban J connectivity index is 1.21. The molecule has 1 aromatic carbocycles. The van der Waals surface area contributed by atoms with Crippen LogP contribution in [0.25, 0.3) is 10.2 Å². The molecular formula is C26H29ClFN7O2S. The number of benzene rings is 1. The van der Waals surface area contributed by atoms with Crippen LogP contribution in [0.4, 0.5) is 20.7 Å². The Morgan fingerprint density at radius 3 is 2.68 bits per heavy atom. The first-order chi connectivity index (χ1) is 18.3. The van der Waals surface area contributed by atoms with E-state index < -0.39 is 5.82 Å². The highest BCUT2D eigenvalue weighted by Crippen LogP contribution is 2.38. The normalized spacial score (nSPS) is 16.2. The molecule has 2 aliphatic heterocycles. The number of hydrogen-bond donors (Lipinski definition) is 1. The lowest BCUT2D eigenvalue weighted by molar-refractivity contribution is -0.126. The minimum absolute atomic E-state index is 0.0140. The van der Waals surface area contributed by atoms with Gasteiger partial charge in [0.1, 0.15) is 22.8 Å². The zero-order chi connectivity index (χ0) is 26.8. The summed E-state index contributed by atoms with van der Waals surface area (Å²) in [6, 6.07) is 4.49. The second-order valence-corrected chi connectivity index (χ2v) is 11.0. The molecule has 200 valence electrons. The number of nitrogens with one attached hydrogen (secondary N) is 1. The van der Waals surface area contributed by atoms with E-state index in [2.05, 4.69) is 20.2 Å². The van der Waals surface area contributed by atoms with Crippen molar-refractivity contribution in [1.29, 1.82) is 0 Å². The molecule has 2 aromatic heterocycles. The number of amides is 3. The lowest BCUT2D eigenvalue weighted by Crippen LogP contribution is -2.51. The van der Waals surface area contributed by atoms with E-state index in [4.69, 9.17) is 11.6 Å². The highest BCUT2D eigenvalue weighted by atomic mass is 35.5. The SMILES string of the molecule is CN(C)C(=O)N1CCN(C/C=C/C(=O)N2CCc3c(sc4ncnc(Nc5ccc(F)c(Cl)c5)c34)C2)CC1. The van der Waals surface area contributed by atoms with Crippen LogP contribution in [0.3, 0.4) is 0 Å². The lowest BCUT2D eigenvalue weighted by Gasteiger charge is -2.35. The summed E-state index contributed by atoms with van der Waals surface area (Å²) in [7, 11) is 3.53. The standard InChI is InChI=1S/C26H29ClFN7O2S/c1-32(2)26(37)34-12-10-33(11-13-34)8-3-4-22(36)35-9-7-18-21(15-35)38-25-23(18)24(29-16-30-25)31-17-5-6-20(28)19(27)14-17/h3-6,14,16H,7-13,15H2,1-2H3,(H,29,30,31)/b4-3+. The summed E-state index contributed by atoms with van der Waals surface area (Å²) < 4.78 is 13.6. The van der Waals surface area contributed by atoms with Gasteiger partial charge in [0.25, 0.3) is 0 Å². The van der Waals surface area contributed by atoms with Crippen LogP contribution in [0.5, 0.6) is 0 Å². The Morgan fingerprint density at radius 1 is 1.16 bits per heavy atom. The molecule has 1 N–H and O–H groups in total. The van der Waals surface area contributed by atoms with Gasteiger partial charge in [0, 0.05) is 70.0 Å². The number of halogens is 2. The van der Waals surface area contributed by atoms with Crippen LogP contribution >= 0.6 is 22.9 Å². The van der Waals surface area contributed by atoms with E-state index in [1.807, 2.05) is 15.9 Å². The van der Waals surface area contributed by atoms with Crippen molar-refractivity contribution in [2.45, 2.75) is 13.0 Å². The van der Waals surface area contributed by atoms with Gasteiger partial charge in [-0.15, -0.1) is 11.3 Å². The number of rotatable bonds is 5. The quantitative estimate of drug-likeness (QED) is 0.478. The smallest absolute Gasteiger partial charge is 0.319 e. The third-order valence-corrected chi connectivity index (χ3v) is 8.19. The highest BCUT2D eigenvalue weighted by Gasteiger charge is 2.26. The van der Waals surface area contributed by atoms with E-state index in [0.717, 1.165) is 33.7 Å². The number of fused-ring (bicyclic) bond motifs is 3. The fourth-order valence-electron chi connectivity index (χ4n) is 4.73. The molecule has 0 aliphatic carbocycles. The first-order valence-corrected chi connectivity index (χ1v) is 13.6. The zero-order valence-electron chi connectivity index (χ0n) is 21.3. The van der Waals surface area contributed by atoms with E-state index in [-0.39, 0.29) is 17.0 Å². The van der Waals surface area contributed by atoms with Crippen molar-refractivity contribution in [3.63, 3.8) is 0 Å². The number of anilines is 2. The van der Waals surface area contributed by atoms with Crippen LogP contribution in [0.1, 0.15) is 10.4 Å². The van der Waals surface area contributed by atoms with Crippen molar-refractivity contribution < 1.29 is 14.0 Å². The third kappa shape index (κ3) is 5.59. The summed E-state index contributed by atoms with van der Waals surface area (Å²) >= 11 is 7.50. The van der Waals surface area contributed by atoms with Crippen LogP contribution in [0.2, 0.25) is 5.02 Å². The molecule has 2 aliphatic rings. The fraction of sp³-hybridized carbons (Fsp3) is 0.385. The van der Waals surface area contributed by atoms with Gasteiger partial charge in [0.2, 0.25) is 5.91 Å². The number of piperazine rings is 1. The van der Waals surface area contributed by atoms with Crippen LogP contribution in [-0.2, 0) is 17.8 Å². The Labute approximate surface area is 229 Å². The molecule has 4 heterocycles. The zero-order valence-corrected chi connectivity index (χ0v) is 22.9. The van der Waals surface area contributed by atoms with Gasteiger partial charge in [0.05, 0.1) is 17.0 Å². The minimum atomic E-state index is -0.476. The van der Waals surface area contributed by atoms with Crippen molar-refractivity contribution in [2.75, 3.05) is 58.7 Å². The summed E-state index contributed by atoms with van der Waals surface area (Å²) in [5, 5.41) is 4.21. The van der Waals surface area contributed by atoms with Gasteiger partial charge < -0.3 is 20.0 Å². The van der Waals surface area contributed by atoms with Gasteiger partial charge in [-0.3, -0.25) is 9.69 Å². The largest absolute Gasteiger partial charge is 0.340 e. The lowest BCUT2D eigenvalue weighted by atomic mass is 10.0. The molecule has 0 spiro atoms. The molecule has 0 bridgehead atoms. The predicted octanol–water partition coefficient (Wildman–Crippen LogP) is 3.97. The maximum atomic E-state index is 13.6. The molecule has 0 radical (unpaired) electrons. The summed E-state index contributed by atoms with van der Waals surface area (Å²) in [6.45, 7) is 4.75. The Morgan fingerprint density at radius 2 is 1.95 bits per heavy atom. The Bertz CT molecular complexity index is 1390. The molecule has 1 fully saturated rings. The van der Waals surface area contributed by atoms with E-state index in [9.17, 15) is 14.0 Å². The summed E-state index contributed by atoms with van der Waals surface area (Å²) in [5.41, 5.74) is 1.78. The van der Waals surface area contributed by atoms with Crippen molar-refractivity contribution in [2.24, 2.45) is 0 Å². The van der Waals surface area contributed by atoms with Gasteiger partial charge >= 0.3 is 6.03 Å². The Kier molecular flexibility index (Phi) is 7.78. The molecule has 0 atom stereocenters. The number of aromatic nitrogens is 2. The first kappa shape index (κ1) is 26.3. The topological polar surface area (TPSA) is 84.9 Å². The second kappa shape index (κ2) is 11.2. The Hall–Kier alpha value is -3.28. The maximum absolute atomic E-state index is 13.6. The van der Waals surface area contributed by atoms with Gasteiger partial charge in [-0.2, -0.15) is 0 Å². The molecule has 0 saturated carbocycles. The average Bonchev–Trinajstić information content (AvgIpc) is 3.29. The predicted molar refractivity (Wildman–Crippen MR) is 147 cm³/mol. The molecule has 3 aromatic rings. The second-order valence-electron chi connectivity index (χ2n) is 9.54. The van der Waals surface area contributed by atoms with Crippen LogP contribution in [-0.4, -0.2) is 94.9 Å². The van der Waals surface area contributed by atoms with Gasteiger partial charge in [-0.25, -0.2) is 19.2 Å². The number of hydrogen-bond acceptors (Lipinski definition) is 7. The third-order valence-electron chi connectivity index (χ3n) is 6.78. The first-order valence-electron chi connectivity index (χ1n) is 12.4. The number of carbonyl (C=O) groups is 2.